The highest BCUT2D eigenvalue weighted by molar-refractivity contribution is 5.46. The number of para-hydroxylation sites is 1. The van der Waals surface area contributed by atoms with E-state index in [1.165, 1.54) is 11.1 Å². The Balaban J connectivity index is 2.41. The highest BCUT2D eigenvalue weighted by atomic mass is 16.5. The molecule has 0 fully saturated rings. The third-order valence-corrected chi connectivity index (χ3v) is 3.81. The number of ether oxygens (including phenoxy) is 1. The Morgan fingerprint density at radius 1 is 1.06 bits per heavy atom. The molecule has 0 radical (unpaired) electrons. The first-order chi connectivity index (χ1) is 8.19. The van der Waals surface area contributed by atoms with Crippen molar-refractivity contribution in [1.82, 2.24) is 0 Å². The van der Waals surface area contributed by atoms with Crippen molar-refractivity contribution in [2.75, 3.05) is 0 Å². The van der Waals surface area contributed by atoms with E-state index in [0.29, 0.717) is 6.10 Å². The van der Waals surface area contributed by atoms with Gasteiger partial charge in [0.05, 0.1) is 0 Å². The molecule has 18 heavy (non-hydrogen) atoms. The fourth-order valence-corrected chi connectivity index (χ4v) is 2.61. The standard InChI is InChI=1S/C17H26O/c1-16(2,3)13-9-7-8-12-10-11-14(17(4,5)6)18-15(12)13/h7-9,14H,10-11H2,1-6H3. The maximum Gasteiger partial charge on any atom is 0.126 e. The predicted octanol–water partition coefficient (Wildman–Crippen LogP) is 4.72. The van der Waals surface area contributed by atoms with Gasteiger partial charge in [0.25, 0.3) is 0 Å². The second-order valence-electron chi connectivity index (χ2n) is 7.56. The van der Waals surface area contributed by atoms with Crippen LogP contribution >= 0.6 is 0 Å². The maximum absolute atomic E-state index is 6.35. The van der Waals surface area contributed by atoms with E-state index in [1.54, 1.807) is 0 Å². The van der Waals surface area contributed by atoms with Crippen LogP contribution in [0.2, 0.25) is 0 Å². The van der Waals surface area contributed by atoms with Crippen LogP contribution in [-0.4, -0.2) is 6.10 Å². The second kappa shape index (κ2) is 4.29. The highest BCUT2D eigenvalue weighted by Gasteiger charge is 2.33. The summed E-state index contributed by atoms with van der Waals surface area (Å²) in [6.45, 7) is 13.6. The molecule has 100 valence electrons. The van der Waals surface area contributed by atoms with Gasteiger partial charge in [-0.25, -0.2) is 0 Å². The molecule has 0 saturated heterocycles. The van der Waals surface area contributed by atoms with Crippen LogP contribution in [0.3, 0.4) is 0 Å². The van der Waals surface area contributed by atoms with Crippen molar-refractivity contribution in [1.29, 1.82) is 0 Å². The second-order valence-corrected chi connectivity index (χ2v) is 7.56. The fourth-order valence-electron chi connectivity index (χ4n) is 2.61. The minimum Gasteiger partial charge on any atom is -0.489 e. The lowest BCUT2D eigenvalue weighted by atomic mass is 9.80. The molecule has 0 N–H and O–H groups in total. The third kappa shape index (κ3) is 2.55. The van der Waals surface area contributed by atoms with Crippen LogP contribution in [0.1, 0.15) is 59.1 Å². The number of hydrogen-bond acceptors (Lipinski definition) is 1. The van der Waals surface area contributed by atoms with Gasteiger partial charge in [0, 0.05) is 0 Å². The maximum atomic E-state index is 6.35. The molecule has 1 atom stereocenters. The minimum absolute atomic E-state index is 0.144. The average molecular weight is 246 g/mol. The Bertz CT molecular complexity index is 432. The number of hydrogen-bond donors (Lipinski definition) is 0. The summed E-state index contributed by atoms with van der Waals surface area (Å²) in [5, 5.41) is 0. The van der Waals surface area contributed by atoms with E-state index in [1.807, 2.05) is 0 Å². The molecule has 1 aromatic carbocycles. The first kappa shape index (κ1) is 13.5. The van der Waals surface area contributed by atoms with Gasteiger partial charge >= 0.3 is 0 Å². The molecule has 0 amide bonds. The first-order valence-electron chi connectivity index (χ1n) is 6.98. The Morgan fingerprint density at radius 3 is 2.28 bits per heavy atom. The number of benzene rings is 1. The van der Waals surface area contributed by atoms with Crippen LogP contribution in [0.4, 0.5) is 0 Å². The molecule has 0 aromatic heterocycles. The Labute approximate surface area is 112 Å². The van der Waals surface area contributed by atoms with Gasteiger partial charge in [-0.3, -0.25) is 0 Å². The summed E-state index contributed by atoms with van der Waals surface area (Å²) >= 11 is 0. The lowest BCUT2D eigenvalue weighted by molar-refractivity contribution is 0.0654. The molecule has 1 unspecified atom stereocenters. The molecule has 1 heteroatoms. The quantitative estimate of drug-likeness (QED) is 0.643. The summed E-state index contributed by atoms with van der Waals surface area (Å²) in [6.07, 6.45) is 2.60. The smallest absolute Gasteiger partial charge is 0.126 e. The van der Waals surface area contributed by atoms with Gasteiger partial charge in [-0.15, -0.1) is 0 Å². The molecule has 0 bridgehead atoms. The van der Waals surface area contributed by atoms with E-state index in [9.17, 15) is 0 Å². The molecule has 1 aromatic rings. The molecule has 0 spiro atoms. The molecule has 1 heterocycles. The average Bonchev–Trinajstić information content (AvgIpc) is 2.25. The number of fused-ring (bicyclic) bond motifs is 1. The van der Waals surface area contributed by atoms with E-state index in [-0.39, 0.29) is 10.8 Å². The van der Waals surface area contributed by atoms with E-state index in [0.717, 1.165) is 18.6 Å². The summed E-state index contributed by atoms with van der Waals surface area (Å²) in [7, 11) is 0. The molecule has 1 nitrogen and oxygen atoms in total. The number of aryl methyl sites for hydroxylation is 1. The molecule has 2 rings (SSSR count). The molecular weight excluding hydrogens is 220 g/mol. The van der Waals surface area contributed by atoms with E-state index < -0.39 is 0 Å². The van der Waals surface area contributed by atoms with Gasteiger partial charge in [0.2, 0.25) is 0 Å². The van der Waals surface area contributed by atoms with Crippen molar-refractivity contribution in [3.8, 4) is 5.75 Å². The highest BCUT2D eigenvalue weighted by Crippen LogP contribution is 2.41. The van der Waals surface area contributed by atoms with Gasteiger partial charge < -0.3 is 4.74 Å². The monoisotopic (exact) mass is 246 g/mol. The summed E-state index contributed by atoms with van der Waals surface area (Å²) in [5.41, 5.74) is 3.07. The SMILES string of the molecule is CC(C)(C)c1cccc2c1OC(C(C)(C)C)CC2. The van der Waals surface area contributed by atoms with Crippen LogP contribution in [0.15, 0.2) is 18.2 Å². The lowest BCUT2D eigenvalue weighted by Crippen LogP contribution is -2.36. The topological polar surface area (TPSA) is 9.23 Å². The lowest BCUT2D eigenvalue weighted by Gasteiger charge is -2.37. The normalized spacial score (nSPS) is 20.2. The predicted molar refractivity (Wildman–Crippen MR) is 77.3 cm³/mol. The molecule has 0 saturated carbocycles. The van der Waals surface area contributed by atoms with Gasteiger partial charge in [0.15, 0.2) is 0 Å². The zero-order valence-electron chi connectivity index (χ0n) is 12.6. The third-order valence-electron chi connectivity index (χ3n) is 3.81. The van der Waals surface area contributed by atoms with Crippen LogP contribution in [-0.2, 0) is 11.8 Å². The van der Waals surface area contributed by atoms with E-state index >= 15 is 0 Å². The van der Waals surface area contributed by atoms with Crippen LogP contribution < -0.4 is 4.74 Å². The van der Waals surface area contributed by atoms with Crippen molar-refractivity contribution in [2.24, 2.45) is 5.41 Å². The van der Waals surface area contributed by atoms with E-state index in [2.05, 4.69) is 59.7 Å². The number of rotatable bonds is 0. The zero-order valence-corrected chi connectivity index (χ0v) is 12.6. The Morgan fingerprint density at radius 2 is 1.72 bits per heavy atom. The Kier molecular flexibility index (Phi) is 3.21. The van der Waals surface area contributed by atoms with Gasteiger partial charge in [-0.2, -0.15) is 0 Å². The summed E-state index contributed by atoms with van der Waals surface area (Å²) in [5.74, 6) is 1.15. The van der Waals surface area contributed by atoms with Crippen molar-refractivity contribution in [3.05, 3.63) is 29.3 Å². The Hall–Kier alpha value is -0.980. The van der Waals surface area contributed by atoms with Crippen molar-refractivity contribution >= 4 is 0 Å². The summed E-state index contributed by atoms with van der Waals surface area (Å²) in [6, 6.07) is 6.59. The van der Waals surface area contributed by atoms with Crippen LogP contribution in [0.25, 0.3) is 0 Å². The van der Waals surface area contributed by atoms with Crippen molar-refractivity contribution in [2.45, 2.75) is 65.9 Å². The van der Waals surface area contributed by atoms with Crippen LogP contribution in [0, 0.1) is 5.41 Å². The van der Waals surface area contributed by atoms with E-state index in [4.69, 9.17) is 4.74 Å². The minimum atomic E-state index is 0.144. The molecule has 1 aliphatic rings. The molecular formula is C17H26O. The fraction of sp³-hybridized carbons (Fsp3) is 0.647. The van der Waals surface area contributed by atoms with Gasteiger partial charge in [-0.1, -0.05) is 59.7 Å². The summed E-state index contributed by atoms with van der Waals surface area (Å²) in [4.78, 5) is 0. The molecule has 0 aliphatic carbocycles. The van der Waals surface area contributed by atoms with Crippen molar-refractivity contribution < 1.29 is 4.74 Å². The van der Waals surface area contributed by atoms with Gasteiger partial charge in [0.1, 0.15) is 11.9 Å². The summed E-state index contributed by atoms with van der Waals surface area (Å²) < 4.78 is 6.35. The van der Waals surface area contributed by atoms with Gasteiger partial charge in [-0.05, 0) is 34.8 Å². The molecule has 1 aliphatic heterocycles. The van der Waals surface area contributed by atoms with Crippen molar-refractivity contribution in [3.63, 3.8) is 0 Å². The largest absolute Gasteiger partial charge is 0.489 e. The first-order valence-corrected chi connectivity index (χ1v) is 6.98. The zero-order chi connectivity index (χ0) is 13.6. The van der Waals surface area contributed by atoms with Crippen LogP contribution in [0.5, 0.6) is 5.75 Å².